The maximum absolute atomic E-state index is 11.8. The number of amides is 1. The van der Waals surface area contributed by atoms with Gasteiger partial charge in [0.25, 0.3) is 0 Å². The zero-order valence-electron chi connectivity index (χ0n) is 10.4. The van der Waals surface area contributed by atoms with E-state index in [0.29, 0.717) is 11.8 Å². The summed E-state index contributed by atoms with van der Waals surface area (Å²) >= 11 is 0. The quantitative estimate of drug-likeness (QED) is 0.750. The first-order valence-electron chi connectivity index (χ1n) is 5.92. The lowest BCUT2D eigenvalue weighted by Gasteiger charge is -2.22. The third kappa shape index (κ3) is 3.82. The molecule has 3 atom stereocenters. The molecule has 0 aromatic heterocycles. The van der Waals surface area contributed by atoms with Crippen molar-refractivity contribution in [2.45, 2.75) is 39.7 Å². The van der Waals surface area contributed by atoms with Crippen molar-refractivity contribution < 1.29 is 4.79 Å². The molecule has 3 nitrogen and oxygen atoms in total. The summed E-state index contributed by atoms with van der Waals surface area (Å²) in [7, 11) is 1.87. The number of carbonyl (C=O) groups is 1. The van der Waals surface area contributed by atoms with Crippen molar-refractivity contribution in [3.8, 4) is 0 Å². The Morgan fingerprint density at radius 2 is 2.07 bits per heavy atom. The summed E-state index contributed by atoms with van der Waals surface area (Å²) < 4.78 is 0. The highest BCUT2D eigenvalue weighted by Gasteiger charge is 2.34. The van der Waals surface area contributed by atoms with Crippen LogP contribution in [0.2, 0.25) is 0 Å². The van der Waals surface area contributed by atoms with E-state index in [9.17, 15) is 4.79 Å². The van der Waals surface area contributed by atoms with Gasteiger partial charge < -0.3 is 10.6 Å². The minimum absolute atomic E-state index is 0.0998. The Labute approximate surface area is 93.0 Å². The lowest BCUT2D eigenvalue weighted by Crippen LogP contribution is -2.43. The van der Waals surface area contributed by atoms with Gasteiger partial charge in [0.15, 0.2) is 0 Å². The molecule has 0 aliphatic heterocycles. The standard InChI is InChI=1S/C12H24N2O/c1-8(2)5-11(13)12(15)14(4)7-10-6-9(10)3/h8-11H,5-7,13H2,1-4H3/t9?,10?,11-/m0/s1. The molecule has 1 fully saturated rings. The average Bonchev–Trinajstić information content (AvgIpc) is 2.79. The largest absolute Gasteiger partial charge is 0.344 e. The van der Waals surface area contributed by atoms with Crippen LogP contribution in [0.5, 0.6) is 0 Å². The van der Waals surface area contributed by atoms with E-state index in [1.807, 2.05) is 7.05 Å². The monoisotopic (exact) mass is 212 g/mol. The summed E-state index contributed by atoms with van der Waals surface area (Å²) in [4.78, 5) is 13.7. The zero-order chi connectivity index (χ0) is 11.6. The van der Waals surface area contributed by atoms with E-state index < -0.39 is 0 Å². The average molecular weight is 212 g/mol. The minimum atomic E-state index is -0.316. The van der Waals surface area contributed by atoms with Gasteiger partial charge in [0.05, 0.1) is 6.04 Å². The topological polar surface area (TPSA) is 46.3 Å². The first-order chi connectivity index (χ1) is 6.91. The molecule has 1 aliphatic carbocycles. The van der Waals surface area contributed by atoms with E-state index >= 15 is 0 Å². The lowest BCUT2D eigenvalue weighted by atomic mass is 10.0. The van der Waals surface area contributed by atoms with Crippen LogP contribution >= 0.6 is 0 Å². The van der Waals surface area contributed by atoms with Crippen LogP contribution in [0.3, 0.4) is 0 Å². The molecule has 0 bridgehead atoms. The molecule has 1 amide bonds. The fourth-order valence-electron chi connectivity index (χ4n) is 1.99. The molecule has 15 heavy (non-hydrogen) atoms. The minimum Gasteiger partial charge on any atom is -0.344 e. The van der Waals surface area contributed by atoms with E-state index in [1.165, 1.54) is 6.42 Å². The second-order valence-electron chi connectivity index (χ2n) is 5.43. The van der Waals surface area contributed by atoms with E-state index in [-0.39, 0.29) is 11.9 Å². The molecule has 1 saturated carbocycles. The van der Waals surface area contributed by atoms with E-state index in [2.05, 4.69) is 20.8 Å². The van der Waals surface area contributed by atoms with Crippen LogP contribution in [0.25, 0.3) is 0 Å². The van der Waals surface area contributed by atoms with Gasteiger partial charge in [-0.2, -0.15) is 0 Å². The Balaban J connectivity index is 2.31. The fraction of sp³-hybridized carbons (Fsp3) is 0.917. The summed E-state index contributed by atoms with van der Waals surface area (Å²) in [6.07, 6.45) is 2.04. The zero-order valence-corrected chi connectivity index (χ0v) is 10.4. The Bertz CT molecular complexity index is 228. The molecule has 2 unspecified atom stereocenters. The Morgan fingerprint density at radius 1 is 1.53 bits per heavy atom. The number of nitrogens with two attached hydrogens (primary N) is 1. The van der Waals surface area contributed by atoms with Crippen molar-refractivity contribution in [2.24, 2.45) is 23.5 Å². The molecule has 1 rings (SSSR count). The Morgan fingerprint density at radius 3 is 2.47 bits per heavy atom. The summed E-state index contributed by atoms with van der Waals surface area (Å²) in [5.74, 6) is 2.09. The lowest BCUT2D eigenvalue weighted by molar-refractivity contribution is -0.131. The highest BCUT2D eigenvalue weighted by atomic mass is 16.2. The first kappa shape index (κ1) is 12.5. The molecule has 0 aromatic rings. The van der Waals surface area contributed by atoms with E-state index in [1.54, 1.807) is 4.90 Å². The summed E-state index contributed by atoms with van der Waals surface area (Å²) in [5, 5.41) is 0. The van der Waals surface area contributed by atoms with Gasteiger partial charge in [-0.3, -0.25) is 4.79 Å². The first-order valence-corrected chi connectivity index (χ1v) is 5.92. The van der Waals surface area contributed by atoms with Crippen LogP contribution in [0.1, 0.15) is 33.6 Å². The molecule has 3 heteroatoms. The van der Waals surface area contributed by atoms with Crippen LogP contribution < -0.4 is 5.73 Å². The molecule has 0 saturated heterocycles. The molecular formula is C12H24N2O. The van der Waals surface area contributed by atoms with Gasteiger partial charge in [-0.25, -0.2) is 0 Å². The van der Waals surface area contributed by atoms with E-state index in [4.69, 9.17) is 5.73 Å². The number of carbonyl (C=O) groups excluding carboxylic acids is 1. The molecule has 0 aromatic carbocycles. The van der Waals surface area contributed by atoms with Crippen LogP contribution in [0, 0.1) is 17.8 Å². The second-order valence-corrected chi connectivity index (χ2v) is 5.43. The van der Waals surface area contributed by atoms with Gasteiger partial charge >= 0.3 is 0 Å². The maximum atomic E-state index is 11.8. The van der Waals surface area contributed by atoms with Crippen LogP contribution in [-0.4, -0.2) is 30.4 Å². The molecule has 1 aliphatic rings. The number of nitrogens with zero attached hydrogens (tertiary/aromatic N) is 1. The summed E-state index contributed by atoms with van der Waals surface area (Å²) in [5.41, 5.74) is 5.86. The predicted octanol–water partition coefficient (Wildman–Crippen LogP) is 1.47. The maximum Gasteiger partial charge on any atom is 0.239 e. The van der Waals surface area contributed by atoms with Gasteiger partial charge in [-0.15, -0.1) is 0 Å². The number of likely N-dealkylation sites (N-methyl/N-ethyl adjacent to an activating group) is 1. The molecule has 88 valence electrons. The SMILES string of the molecule is CC(C)C[C@H](N)C(=O)N(C)CC1CC1C. The second kappa shape index (κ2) is 4.97. The third-order valence-corrected chi connectivity index (χ3v) is 3.20. The van der Waals surface area contributed by atoms with Crippen molar-refractivity contribution in [1.82, 2.24) is 4.90 Å². The number of hydrogen-bond donors (Lipinski definition) is 1. The van der Waals surface area contributed by atoms with Gasteiger partial charge in [0, 0.05) is 13.6 Å². The highest BCUT2D eigenvalue weighted by Crippen LogP contribution is 2.37. The number of rotatable bonds is 5. The summed E-state index contributed by atoms with van der Waals surface area (Å²) in [6.45, 7) is 7.30. The third-order valence-electron chi connectivity index (χ3n) is 3.20. The molecule has 0 radical (unpaired) electrons. The number of hydrogen-bond acceptors (Lipinski definition) is 2. The molecule has 0 spiro atoms. The Kier molecular flexibility index (Phi) is 4.14. The van der Waals surface area contributed by atoms with Gasteiger partial charge in [-0.05, 0) is 30.6 Å². The highest BCUT2D eigenvalue weighted by molar-refractivity contribution is 5.81. The van der Waals surface area contributed by atoms with Crippen LogP contribution in [0.4, 0.5) is 0 Å². The molecule has 2 N–H and O–H groups in total. The van der Waals surface area contributed by atoms with Crippen LogP contribution in [0.15, 0.2) is 0 Å². The van der Waals surface area contributed by atoms with Crippen molar-refractivity contribution in [3.05, 3.63) is 0 Å². The summed E-state index contributed by atoms with van der Waals surface area (Å²) in [6, 6.07) is -0.316. The molecular weight excluding hydrogens is 188 g/mol. The van der Waals surface area contributed by atoms with Crippen LogP contribution in [-0.2, 0) is 4.79 Å². The van der Waals surface area contributed by atoms with E-state index in [0.717, 1.165) is 18.9 Å². The fourth-order valence-corrected chi connectivity index (χ4v) is 1.99. The van der Waals surface area contributed by atoms with Gasteiger partial charge in [0.1, 0.15) is 0 Å². The van der Waals surface area contributed by atoms with Crippen molar-refractivity contribution in [2.75, 3.05) is 13.6 Å². The van der Waals surface area contributed by atoms with Crippen molar-refractivity contribution in [3.63, 3.8) is 0 Å². The van der Waals surface area contributed by atoms with Gasteiger partial charge in [-0.1, -0.05) is 20.8 Å². The van der Waals surface area contributed by atoms with Crippen molar-refractivity contribution >= 4 is 5.91 Å². The van der Waals surface area contributed by atoms with Crippen molar-refractivity contribution in [1.29, 1.82) is 0 Å². The van der Waals surface area contributed by atoms with Gasteiger partial charge in [0.2, 0.25) is 5.91 Å². The smallest absolute Gasteiger partial charge is 0.239 e. The predicted molar refractivity (Wildman–Crippen MR) is 62.3 cm³/mol. The Hall–Kier alpha value is -0.570. The molecule has 0 heterocycles. The normalized spacial score (nSPS) is 26.5.